The molecular weight excluding hydrogens is 194 g/mol. The van der Waals surface area contributed by atoms with Gasteiger partial charge in [-0.25, -0.2) is 0 Å². The molecule has 0 atom stereocenters. The topological polar surface area (TPSA) is 43.1 Å². The number of hydrogen-bond acceptors (Lipinski definition) is 2. The highest BCUT2D eigenvalue weighted by molar-refractivity contribution is 8.02. The predicted octanol–water partition coefficient (Wildman–Crippen LogP) is 2.27. The number of thioether (sulfide) groups is 1. The molecule has 1 rings (SSSR count). The maximum absolute atomic E-state index is 10.5. The van der Waals surface area contributed by atoms with Crippen molar-refractivity contribution in [2.45, 2.75) is 6.92 Å². The summed E-state index contributed by atoms with van der Waals surface area (Å²) < 4.78 is 0. The van der Waals surface area contributed by atoms with E-state index in [-0.39, 0.29) is 5.91 Å². The van der Waals surface area contributed by atoms with E-state index in [0.717, 1.165) is 5.57 Å². The van der Waals surface area contributed by atoms with Gasteiger partial charge in [0.15, 0.2) is 0 Å². The summed E-state index contributed by atoms with van der Waals surface area (Å²) in [6, 6.07) is 10.0. The first-order valence-electron chi connectivity index (χ1n) is 4.32. The van der Waals surface area contributed by atoms with Gasteiger partial charge in [-0.15, -0.1) is 11.8 Å². The summed E-state index contributed by atoms with van der Waals surface area (Å²) in [5, 5.41) is 1.96. The number of carbonyl (C=O) groups is 1. The molecule has 0 spiro atoms. The molecule has 0 saturated heterocycles. The number of carbonyl (C=O) groups excluding carboxylic acids is 1. The smallest absolute Gasteiger partial charge is 0.227 e. The molecule has 0 heterocycles. The lowest BCUT2D eigenvalue weighted by Crippen LogP contribution is -2.12. The minimum atomic E-state index is -0.285. The van der Waals surface area contributed by atoms with Crippen LogP contribution in [0.25, 0.3) is 5.57 Å². The summed E-state index contributed by atoms with van der Waals surface area (Å²) in [6.07, 6.45) is 0. The lowest BCUT2D eigenvalue weighted by atomic mass is 10.1. The molecule has 1 aromatic rings. The van der Waals surface area contributed by atoms with Crippen molar-refractivity contribution in [1.82, 2.24) is 0 Å². The summed E-state index contributed by atoms with van der Waals surface area (Å²) >= 11 is 1.43. The van der Waals surface area contributed by atoms with Crippen molar-refractivity contribution < 1.29 is 4.79 Å². The Balaban J connectivity index is 2.57. The van der Waals surface area contributed by atoms with Crippen LogP contribution in [0.2, 0.25) is 0 Å². The number of hydrogen-bond donors (Lipinski definition) is 1. The SMILES string of the molecule is C/C(=C\SCC(N)=O)c1ccccc1. The molecule has 1 amide bonds. The highest BCUT2D eigenvalue weighted by Crippen LogP contribution is 2.17. The zero-order valence-corrected chi connectivity index (χ0v) is 8.88. The second kappa shape index (κ2) is 5.50. The van der Waals surface area contributed by atoms with Crippen molar-refractivity contribution in [2.75, 3.05) is 5.75 Å². The van der Waals surface area contributed by atoms with E-state index < -0.39 is 0 Å². The molecule has 14 heavy (non-hydrogen) atoms. The van der Waals surface area contributed by atoms with Crippen LogP contribution in [0.3, 0.4) is 0 Å². The third-order valence-corrected chi connectivity index (χ3v) is 2.69. The van der Waals surface area contributed by atoms with Gasteiger partial charge in [0.1, 0.15) is 0 Å². The molecule has 0 radical (unpaired) electrons. The van der Waals surface area contributed by atoms with Crippen LogP contribution in [-0.2, 0) is 4.79 Å². The van der Waals surface area contributed by atoms with Gasteiger partial charge in [0.2, 0.25) is 5.91 Å². The minimum Gasteiger partial charge on any atom is -0.369 e. The number of benzene rings is 1. The van der Waals surface area contributed by atoms with Gasteiger partial charge >= 0.3 is 0 Å². The monoisotopic (exact) mass is 207 g/mol. The highest BCUT2D eigenvalue weighted by Gasteiger charge is 1.95. The summed E-state index contributed by atoms with van der Waals surface area (Å²) in [5.74, 6) is 0.0524. The molecule has 0 aliphatic rings. The molecule has 0 saturated carbocycles. The second-order valence-corrected chi connectivity index (χ2v) is 3.80. The van der Waals surface area contributed by atoms with Crippen molar-refractivity contribution >= 4 is 23.2 Å². The number of amides is 1. The molecule has 0 aromatic heterocycles. The van der Waals surface area contributed by atoms with Crippen LogP contribution in [0, 0.1) is 0 Å². The maximum Gasteiger partial charge on any atom is 0.227 e. The van der Waals surface area contributed by atoms with Crippen LogP contribution in [0.5, 0.6) is 0 Å². The van der Waals surface area contributed by atoms with Crippen molar-refractivity contribution in [3.63, 3.8) is 0 Å². The lowest BCUT2D eigenvalue weighted by Gasteiger charge is -1.99. The lowest BCUT2D eigenvalue weighted by molar-refractivity contribution is -0.115. The third-order valence-electron chi connectivity index (χ3n) is 1.71. The van der Waals surface area contributed by atoms with Crippen LogP contribution in [0.1, 0.15) is 12.5 Å². The average Bonchev–Trinajstić information content (AvgIpc) is 2.18. The largest absolute Gasteiger partial charge is 0.369 e. The molecule has 2 nitrogen and oxygen atoms in total. The molecule has 0 fully saturated rings. The van der Waals surface area contributed by atoms with E-state index in [9.17, 15) is 4.79 Å². The Hall–Kier alpha value is -1.22. The molecule has 0 aliphatic heterocycles. The Morgan fingerprint density at radius 2 is 2.07 bits per heavy atom. The van der Waals surface area contributed by atoms with Gasteiger partial charge < -0.3 is 5.73 Å². The molecule has 0 aliphatic carbocycles. The van der Waals surface area contributed by atoms with Crippen molar-refractivity contribution in [3.8, 4) is 0 Å². The number of allylic oxidation sites excluding steroid dienone is 1. The summed E-state index contributed by atoms with van der Waals surface area (Å²) in [7, 11) is 0. The predicted molar refractivity (Wildman–Crippen MR) is 61.7 cm³/mol. The van der Waals surface area contributed by atoms with Gasteiger partial charge in [-0.3, -0.25) is 4.79 Å². The average molecular weight is 207 g/mol. The van der Waals surface area contributed by atoms with Crippen LogP contribution in [0.4, 0.5) is 0 Å². The Labute approximate surface area is 88.2 Å². The normalized spacial score (nSPS) is 11.4. The minimum absolute atomic E-state index is 0.285. The fraction of sp³-hybridized carbons (Fsp3) is 0.182. The van der Waals surface area contributed by atoms with Gasteiger partial charge in [0.25, 0.3) is 0 Å². The highest BCUT2D eigenvalue weighted by atomic mass is 32.2. The first-order chi connectivity index (χ1) is 6.70. The number of nitrogens with two attached hydrogens (primary N) is 1. The van der Waals surface area contributed by atoms with Gasteiger partial charge in [-0.2, -0.15) is 0 Å². The standard InChI is InChI=1S/C11H13NOS/c1-9(7-14-8-11(12)13)10-5-3-2-4-6-10/h2-7H,8H2,1H3,(H2,12,13)/b9-7+. The Kier molecular flexibility index (Phi) is 4.26. The van der Waals surface area contributed by atoms with Crippen molar-refractivity contribution in [2.24, 2.45) is 5.73 Å². The van der Waals surface area contributed by atoms with Gasteiger partial charge in [-0.1, -0.05) is 30.3 Å². The second-order valence-electron chi connectivity index (χ2n) is 2.94. The van der Waals surface area contributed by atoms with E-state index in [1.54, 1.807) is 0 Å². The fourth-order valence-corrected chi connectivity index (χ4v) is 1.65. The van der Waals surface area contributed by atoms with Crippen molar-refractivity contribution in [3.05, 3.63) is 41.3 Å². The Morgan fingerprint density at radius 1 is 1.43 bits per heavy atom. The molecule has 2 N–H and O–H groups in total. The van der Waals surface area contributed by atoms with E-state index >= 15 is 0 Å². The van der Waals surface area contributed by atoms with Crippen molar-refractivity contribution in [1.29, 1.82) is 0 Å². The van der Waals surface area contributed by atoms with Crippen LogP contribution in [0.15, 0.2) is 35.7 Å². The van der Waals surface area contributed by atoms with Crippen LogP contribution < -0.4 is 5.73 Å². The first kappa shape index (κ1) is 10.9. The zero-order valence-electron chi connectivity index (χ0n) is 8.07. The molecule has 1 aromatic carbocycles. The number of primary amides is 1. The van der Waals surface area contributed by atoms with E-state index in [1.807, 2.05) is 42.7 Å². The molecule has 3 heteroatoms. The Morgan fingerprint density at radius 3 is 2.64 bits per heavy atom. The maximum atomic E-state index is 10.5. The summed E-state index contributed by atoms with van der Waals surface area (Å²) in [4.78, 5) is 10.5. The molecular formula is C11H13NOS. The molecule has 74 valence electrons. The van der Waals surface area contributed by atoms with Crippen LogP contribution >= 0.6 is 11.8 Å². The fourth-order valence-electron chi connectivity index (χ4n) is 1.02. The third kappa shape index (κ3) is 3.66. The van der Waals surface area contributed by atoms with Crippen LogP contribution in [-0.4, -0.2) is 11.7 Å². The first-order valence-corrected chi connectivity index (χ1v) is 5.37. The van der Waals surface area contributed by atoms with E-state index in [4.69, 9.17) is 5.73 Å². The Bertz CT molecular complexity index is 332. The quantitative estimate of drug-likeness (QED) is 0.823. The van der Waals surface area contributed by atoms with Gasteiger partial charge in [0, 0.05) is 0 Å². The van der Waals surface area contributed by atoms with E-state index in [2.05, 4.69) is 0 Å². The van der Waals surface area contributed by atoms with Gasteiger partial charge in [-0.05, 0) is 23.5 Å². The van der Waals surface area contributed by atoms with E-state index in [0.29, 0.717) is 5.75 Å². The number of rotatable bonds is 4. The van der Waals surface area contributed by atoms with Gasteiger partial charge in [0.05, 0.1) is 5.75 Å². The molecule has 0 bridgehead atoms. The molecule has 0 unspecified atom stereocenters. The zero-order chi connectivity index (χ0) is 10.4. The summed E-state index contributed by atoms with van der Waals surface area (Å²) in [5.41, 5.74) is 7.35. The summed E-state index contributed by atoms with van der Waals surface area (Å²) in [6.45, 7) is 2.02. The van der Waals surface area contributed by atoms with E-state index in [1.165, 1.54) is 17.3 Å².